The minimum Gasteiger partial charge on any atom is -0.301 e. The van der Waals surface area contributed by atoms with Crippen LogP contribution in [-0.4, -0.2) is 17.4 Å². The lowest BCUT2D eigenvalue weighted by molar-refractivity contribution is -0.496. The van der Waals surface area contributed by atoms with Crippen molar-refractivity contribution in [2.24, 2.45) is 0 Å². The summed E-state index contributed by atoms with van der Waals surface area (Å²) in [6.45, 7) is 0. The summed E-state index contributed by atoms with van der Waals surface area (Å²) < 4.78 is 0. The molecule has 5 heteroatoms. The minimum absolute atomic E-state index is 0.417. The monoisotopic (exact) mass is 192 g/mol. The Bertz CT molecular complexity index is 391. The van der Waals surface area contributed by atoms with Crippen molar-refractivity contribution in [2.75, 3.05) is 5.01 Å². The Hall–Kier alpha value is -1.91. The summed E-state index contributed by atoms with van der Waals surface area (Å²) in [6, 6.07) is 6.33. The number of benzene rings is 1. The molecule has 0 aromatic heterocycles. The van der Waals surface area contributed by atoms with Crippen LogP contribution in [0.25, 0.3) is 0 Å². The lowest BCUT2D eigenvalue weighted by Gasteiger charge is -2.11. The quantitative estimate of drug-likeness (QED) is 0.395. The number of carbonyl (C=O) groups excluding carboxylic acids is 1. The van der Waals surface area contributed by atoms with Crippen molar-refractivity contribution in [3.05, 3.63) is 39.9 Å². The maximum Gasteiger partial charge on any atom is 0.165 e. The SMILES string of the molecule is O=CC1Cc2ccccc2N1[N+](=O)[O-]. The molecule has 0 fully saturated rings. The van der Waals surface area contributed by atoms with Gasteiger partial charge < -0.3 is 4.79 Å². The van der Waals surface area contributed by atoms with Gasteiger partial charge in [0.2, 0.25) is 0 Å². The third-order valence-corrected chi connectivity index (χ3v) is 2.31. The number of hydrogen-bond donors (Lipinski definition) is 0. The predicted molar refractivity (Wildman–Crippen MR) is 49.5 cm³/mol. The van der Waals surface area contributed by atoms with Crippen LogP contribution in [0.15, 0.2) is 24.3 Å². The van der Waals surface area contributed by atoms with E-state index in [0.29, 0.717) is 18.4 Å². The average Bonchev–Trinajstić information content (AvgIpc) is 2.55. The van der Waals surface area contributed by atoms with Crippen LogP contribution in [0.3, 0.4) is 0 Å². The Morgan fingerprint density at radius 3 is 2.86 bits per heavy atom. The molecule has 1 aromatic carbocycles. The molecule has 1 aliphatic heterocycles. The number of rotatable bonds is 2. The van der Waals surface area contributed by atoms with Gasteiger partial charge in [-0.2, -0.15) is 0 Å². The van der Waals surface area contributed by atoms with E-state index < -0.39 is 11.1 Å². The number of para-hydroxylation sites is 1. The average molecular weight is 192 g/mol. The van der Waals surface area contributed by atoms with Gasteiger partial charge in [-0.25, -0.2) is 10.1 Å². The van der Waals surface area contributed by atoms with Crippen molar-refractivity contribution in [2.45, 2.75) is 12.5 Å². The molecular formula is C9H8N2O3. The summed E-state index contributed by atoms with van der Waals surface area (Å²) in [6.07, 6.45) is 1.03. The van der Waals surface area contributed by atoms with Gasteiger partial charge in [0, 0.05) is 6.42 Å². The van der Waals surface area contributed by atoms with E-state index in [1.165, 1.54) is 0 Å². The summed E-state index contributed by atoms with van der Waals surface area (Å²) in [5.41, 5.74) is 1.37. The van der Waals surface area contributed by atoms with Gasteiger partial charge in [0.25, 0.3) is 0 Å². The van der Waals surface area contributed by atoms with Crippen LogP contribution in [0.5, 0.6) is 0 Å². The van der Waals surface area contributed by atoms with Crippen LogP contribution in [0.2, 0.25) is 0 Å². The zero-order valence-corrected chi connectivity index (χ0v) is 7.29. The van der Waals surface area contributed by atoms with E-state index in [2.05, 4.69) is 0 Å². The van der Waals surface area contributed by atoms with Gasteiger partial charge in [-0.3, -0.25) is 0 Å². The lowest BCUT2D eigenvalue weighted by Crippen LogP contribution is -2.37. The first kappa shape index (κ1) is 8.68. The molecular weight excluding hydrogens is 184 g/mol. The predicted octanol–water partition coefficient (Wildman–Crippen LogP) is 0.808. The second-order valence-corrected chi connectivity index (χ2v) is 3.12. The summed E-state index contributed by atoms with van der Waals surface area (Å²) in [5.74, 6) is 0. The molecule has 1 heterocycles. The number of fused-ring (bicyclic) bond motifs is 1. The number of hydrazine groups is 1. The number of nitro groups is 1. The normalized spacial score (nSPS) is 19.1. The van der Waals surface area contributed by atoms with Gasteiger partial charge in [0.1, 0.15) is 12.0 Å². The zero-order chi connectivity index (χ0) is 10.1. The fourth-order valence-corrected chi connectivity index (χ4v) is 1.71. The summed E-state index contributed by atoms with van der Waals surface area (Å²) in [7, 11) is 0. The van der Waals surface area contributed by atoms with E-state index in [9.17, 15) is 14.9 Å². The molecule has 5 nitrogen and oxygen atoms in total. The standard InChI is InChI=1S/C9H8N2O3/c12-6-8-5-7-3-1-2-4-9(7)10(8)11(13)14/h1-4,6,8H,5H2. The van der Waals surface area contributed by atoms with Crippen LogP contribution in [-0.2, 0) is 11.2 Å². The van der Waals surface area contributed by atoms with Crippen LogP contribution in [0.1, 0.15) is 5.56 Å². The van der Waals surface area contributed by atoms with E-state index >= 15 is 0 Å². The molecule has 1 unspecified atom stereocenters. The molecule has 0 saturated heterocycles. The smallest absolute Gasteiger partial charge is 0.165 e. The second-order valence-electron chi connectivity index (χ2n) is 3.12. The Morgan fingerprint density at radius 2 is 2.21 bits per heavy atom. The molecule has 0 aliphatic carbocycles. The van der Waals surface area contributed by atoms with E-state index in [4.69, 9.17) is 0 Å². The first-order valence-corrected chi connectivity index (χ1v) is 4.21. The third-order valence-electron chi connectivity index (χ3n) is 2.31. The van der Waals surface area contributed by atoms with E-state index in [1.807, 2.05) is 6.07 Å². The molecule has 0 amide bonds. The lowest BCUT2D eigenvalue weighted by atomic mass is 10.1. The number of carbonyl (C=O) groups is 1. The molecule has 2 rings (SSSR count). The molecule has 0 N–H and O–H groups in total. The molecule has 0 radical (unpaired) electrons. The van der Waals surface area contributed by atoms with Gasteiger partial charge in [-0.15, -0.1) is 0 Å². The second kappa shape index (κ2) is 3.10. The first-order chi connectivity index (χ1) is 6.74. The fraction of sp³-hybridized carbons (Fsp3) is 0.222. The molecule has 0 spiro atoms. The maximum absolute atomic E-state index is 10.7. The molecule has 1 aliphatic rings. The van der Waals surface area contributed by atoms with Crippen molar-refractivity contribution in [1.82, 2.24) is 0 Å². The first-order valence-electron chi connectivity index (χ1n) is 4.21. The zero-order valence-electron chi connectivity index (χ0n) is 7.29. The van der Waals surface area contributed by atoms with Crippen LogP contribution < -0.4 is 5.01 Å². The Balaban J connectivity index is 2.47. The Kier molecular flexibility index (Phi) is 1.92. The van der Waals surface area contributed by atoms with Crippen molar-refractivity contribution >= 4 is 12.0 Å². The third kappa shape index (κ3) is 1.14. The van der Waals surface area contributed by atoms with Crippen molar-refractivity contribution < 1.29 is 9.83 Å². The van der Waals surface area contributed by atoms with Crippen molar-refractivity contribution in [3.8, 4) is 0 Å². The van der Waals surface area contributed by atoms with E-state index in [1.54, 1.807) is 18.2 Å². The van der Waals surface area contributed by atoms with Crippen molar-refractivity contribution in [1.29, 1.82) is 0 Å². The Morgan fingerprint density at radius 1 is 1.50 bits per heavy atom. The highest BCUT2D eigenvalue weighted by molar-refractivity contribution is 5.71. The highest BCUT2D eigenvalue weighted by atomic mass is 16.7. The summed E-state index contributed by atoms with van der Waals surface area (Å²) >= 11 is 0. The highest BCUT2D eigenvalue weighted by Crippen LogP contribution is 2.30. The highest BCUT2D eigenvalue weighted by Gasteiger charge is 2.36. The van der Waals surface area contributed by atoms with E-state index in [-0.39, 0.29) is 0 Å². The molecule has 0 bridgehead atoms. The maximum atomic E-state index is 10.7. The topological polar surface area (TPSA) is 63.5 Å². The molecule has 1 atom stereocenters. The van der Waals surface area contributed by atoms with Gasteiger partial charge in [0.05, 0.1) is 0 Å². The van der Waals surface area contributed by atoms with Crippen LogP contribution in [0, 0.1) is 10.1 Å². The van der Waals surface area contributed by atoms with Gasteiger partial charge in [-0.05, 0) is 11.6 Å². The molecule has 14 heavy (non-hydrogen) atoms. The summed E-state index contributed by atoms with van der Waals surface area (Å²) in [5, 5.41) is 11.1. The molecule has 1 aromatic rings. The van der Waals surface area contributed by atoms with Crippen LogP contribution >= 0.6 is 0 Å². The molecule has 0 saturated carbocycles. The van der Waals surface area contributed by atoms with Crippen molar-refractivity contribution in [3.63, 3.8) is 0 Å². The Labute approximate surface area is 80.1 Å². The largest absolute Gasteiger partial charge is 0.301 e. The van der Waals surface area contributed by atoms with Gasteiger partial charge in [0.15, 0.2) is 11.1 Å². The minimum atomic E-state index is -0.664. The van der Waals surface area contributed by atoms with Gasteiger partial charge >= 0.3 is 0 Å². The number of hydrogen-bond acceptors (Lipinski definition) is 3. The van der Waals surface area contributed by atoms with Crippen LogP contribution in [0.4, 0.5) is 5.69 Å². The molecule has 72 valence electrons. The number of aldehydes is 1. The fourth-order valence-electron chi connectivity index (χ4n) is 1.71. The number of anilines is 1. The van der Waals surface area contributed by atoms with Gasteiger partial charge in [-0.1, -0.05) is 23.2 Å². The van der Waals surface area contributed by atoms with E-state index in [0.717, 1.165) is 10.6 Å². The number of nitrogens with zero attached hydrogens (tertiary/aromatic N) is 2. The summed E-state index contributed by atoms with van der Waals surface area (Å²) in [4.78, 5) is 21.4.